The molecule has 0 radical (unpaired) electrons. The lowest BCUT2D eigenvalue weighted by Gasteiger charge is -2.22. The lowest BCUT2D eigenvalue weighted by Crippen LogP contribution is -2.39. The van der Waals surface area contributed by atoms with Crippen molar-refractivity contribution < 1.29 is 18.0 Å². The van der Waals surface area contributed by atoms with Gasteiger partial charge in [0.1, 0.15) is 6.33 Å². The van der Waals surface area contributed by atoms with Crippen LogP contribution in [0.4, 0.5) is 18.9 Å². The van der Waals surface area contributed by atoms with Gasteiger partial charge in [-0.2, -0.15) is 18.2 Å². The second kappa shape index (κ2) is 12.7. The van der Waals surface area contributed by atoms with Crippen LogP contribution in [-0.2, 0) is 17.4 Å². The third-order valence-corrected chi connectivity index (χ3v) is 8.02. The van der Waals surface area contributed by atoms with Crippen LogP contribution >= 0.6 is 24.0 Å². The molecule has 1 aliphatic heterocycles. The molecular weight excluding hydrogens is 596 g/mol. The molecule has 1 fully saturated rings. The summed E-state index contributed by atoms with van der Waals surface area (Å²) in [6.45, 7) is 5.99. The molecule has 222 valence electrons. The van der Waals surface area contributed by atoms with Gasteiger partial charge in [0.2, 0.25) is 11.0 Å². The van der Waals surface area contributed by atoms with E-state index in [-0.39, 0.29) is 17.1 Å². The number of nitrogens with zero attached hydrogens (tertiary/aromatic N) is 5. The van der Waals surface area contributed by atoms with Crippen LogP contribution in [0.25, 0.3) is 17.1 Å². The Balaban J connectivity index is 1.21. The van der Waals surface area contributed by atoms with Crippen LogP contribution < -0.4 is 15.8 Å². The van der Waals surface area contributed by atoms with E-state index in [1.54, 1.807) is 4.90 Å². The Labute approximate surface area is 256 Å². The molecule has 5 rings (SSSR count). The smallest absolute Gasteiger partial charge is 0.296 e. The van der Waals surface area contributed by atoms with Gasteiger partial charge in [-0.1, -0.05) is 61.2 Å². The zero-order chi connectivity index (χ0) is 30.7. The summed E-state index contributed by atoms with van der Waals surface area (Å²) in [4.78, 5) is 23.3. The van der Waals surface area contributed by atoms with Crippen LogP contribution in [0.2, 0.25) is 0 Å². The number of benzene rings is 3. The van der Waals surface area contributed by atoms with Gasteiger partial charge in [-0.05, 0) is 73.4 Å². The maximum absolute atomic E-state index is 12.9. The number of thioether (sulfide) groups is 1. The van der Waals surface area contributed by atoms with Crippen molar-refractivity contribution in [2.45, 2.75) is 39.4 Å². The number of aryl methyl sites for hydroxylation is 2. The first-order valence-corrected chi connectivity index (χ1v) is 14.8. The third kappa shape index (κ3) is 6.79. The monoisotopic (exact) mass is 623 g/mol. The van der Waals surface area contributed by atoms with Crippen molar-refractivity contribution in [1.82, 2.24) is 25.6 Å². The molecule has 2 N–H and O–H groups in total. The minimum absolute atomic E-state index is 0.0318. The van der Waals surface area contributed by atoms with Gasteiger partial charge >= 0.3 is 6.18 Å². The highest BCUT2D eigenvalue weighted by atomic mass is 32.2. The van der Waals surface area contributed by atoms with Gasteiger partial charge in [0.15, 0.2) is 11.0 Å². The zero-order valence-electron chi connectivity index (χ0n) is 23.5. The number of amides is 1. The molecule has 0 bridgehead atoms. The number of carbonyl (C=O) groups is 1. The summed E-state index contributed by atoms with van der Waals surface area (Å²) in [6.07, 6.45) is -2.15. The summed E-state index contributed by atoms with van der Waals surface area (Å²) < 4.78 is 40.0. The minimum atomic E-state index is -4.40. The number of carbonyl (C=O) groups excluding carboxylic acids is 1. The highest BCUT2D eigenvalue weighted by molar-refractivity contribution is 8.15. The number of hydrogen-bond acceptors (Lipinski definition) is 6. The van der Waals surface area contributed by atoms with Gasteiger partial charge < -0.3 is 0 Å². The molecular formula is C30H28F3N7OS2. The number of aromatic nitrogens is 3. The van der Waals surface area contributed by atoms with E-state index in [1.165, 1.54) is 34.9 Å². The van der Waals surface area contributed by atoms with Crippen molar-refractivity contribution in [1.29, 1.82) is 0 Å². The number of amidine groups is 1. The van der Waals surface area contributed by atoms with Crippen LogP contribution in [0, 0.1) is 6.92 Å². The number of nitrogens with one attached hydrogen (secondary N) is 2. The Bertz CT molecular complexity index is 1670. The van der Waals surface area contributed by atoms with Crippen molar-refractivity contribution in [2.24, 2.45) is 4.99 Å². The highest BCUT2D eigenvalue weighted by Gasteiger charge is 2.32. The van der Waals surface area contributed by atoms with E-state index in [1.807, 2.05) is 56.3 Å². The zero-order valence-corrected chi connectivity index (χ0v) is 25.1. The molecule has 0 saturated carbocycles. The molecule has 1 aliphatic rings. The summed E-state index contributed by atoms with van der Waals surface area (Å²) in [7, 11) is 0. The van der Waals surface area contributed by atoms with E-state index in [0.717, 1.165) is 46.5 Å². The van der Waals surface area contributed by atoms with E-state index in [2.05, 4.69) is 32.9 Å². The summed E-state index contributed by atoms with van der Waals surface area (Å²) >= 11 is 6.81. The Morgan fingerprint density at radius 1 is 1.12 bits per heavy atom. The maximum atomic E-state index is 12.9. The molecule has 13 heteroatoms. The van der Waals surface area contributed by atoms with Crippen LogP contribution in [0.15, 0.2) is 78.0 Å². The standard InChI is InChI=1S/C30H28F3N7OS2/c1-4-20-7-5-6-18(2)26(20)40-25(41)16-43-29(40)35-28(42)37-36-19(3)21-8-10-22(11-9-21)27-34-17-39(38-27)24-14-12-23(13-15-24)30(31,32)33/h5-15,17,19,36H,4,16H2,1-3H3,(H,37,42). The van der Waals surface area contributed by atoms with Crippen molar-refractivity contribution >= 4 is 45.9 Å². The van der Waals surface area contributed by atoms with Gasteiger partial charge in [-0.25, -0.2) is 15.1 Å². The Kier molecular flexibility index (Phi) is 8.95. The van der Waals surface area contributed by atoms with E-state index in [4.69, 9.17) is 12.2 Å². The van der Waals surface area contributed by atoms with Crippen molar-refractivity contribution in [3.63, 3.8) is 0 Å². The predicted octanol–water partition coefficient (Wildman–Crippen LogP) is 6.40. The summed E-state index contributed by atoms with van der Waals surface area (Å²) in [5.41, 5.74) is 10.5. The van der Waals surface area contributed by atoms with Crippen LogP contribution in [0.5, 0.6) is 0 Å². The van der Waals surface area contributed by atoms with E-state index >= 15 is 0 Å². The lowest BCUT2D eigenvalue weighted by atomic mass is 10.0. The average Bonchev–Trinajstić information content (AvgIpc) is 3.63. The molecule has 0 spiro atoms. The van der Waals surface area contributed by atoms with Gasteiger partial charge in [0, 0.05) is 11.6 Å². The van der Waals surface area contributed by atoms with Gasteiger partial charge in [-0.15, -0.1) is 5.10 Å². The van der Waals surface area contributed by atoms with Crippen LogP contribution in [0.1, 0.15) is 42.1 Å². The van der Waals surface area contributed by atoms with Gasteiger partial charge in [-0.3, -0.25) is 15.1 Å². The fraction of sp³-hybridized carbons (Fsp3) is 0.233. The molecule has 1 atom stereocenters. The number of aliphatic imine (C=N–C) groups is 1. The number of thiocarbonyl (C=S) groups is 1. The summed E-state index contributed by atoms with van der Waals surface area (Å²) in [5, 5.41) is 5.15. The first-order valence-electron chi connectivity index (χ1n) is 13.4. The number of anilines is 1. The largest absolute Gasteiger partial charge is 0.416 e. The summed E-state index contributed by atoms with van der Waals surface area (Å²) in [6, 6.07) is 18.1. The number of alkyl halides is 3. The average molecular weight is 624 g/mol. The van der Waals surface area contributed by atoms with E-state index in [9.17, 15) is 18.0 Å². The SMILES string of the molecule is CCc1cccc(C)c1N1C(=O)CSC1=NC(=S)NNC(C)c1ccc(-c2ncn(-c3ccc(C(F)(F)F)cc3)n2)cc1. The number of hydrazine groups is 1. The fourth-order valence-electron chi connectivity index (χ4n) is 4.60. The van der Waals surface area contributed by atoms with Gasteiger partial charge in [0.25, 0.3) is 0 Å². The summed E-state index contributed by atoms with van der Waals surface area (Å²) in [5.74, 6) is 0.706. The second-order valence-electron chi connectivity index (χ2n) is 9.82. The number of hydrogen-bond donors (Lipinski definition) is 2. The quantitative estimate of drug-likeness (QED) is 0.182. The molecule has 1 aromatic heterocycles. The molecule has 1 saturated heterocycles. The molecule has 1 unspecified atom stereocenters. The normalized spacial score (nSPS) is 15.3. The number of halogens is 3. The molecule has 2 heterocycles. The minimum Gasteiger partial charge on any atom is -0.296 e. The lowest BCUT2D eigenvalue weighted by molar-refractivity contribution is -0.137. The first kappa shape index (κ1) is 30.4. The number of rotatable bonds is 7. The Hall–Kier alpha value is -4.07. The number of para-hydroxylation sites is 1. The first-order chi connectivity index (χ1) is 20.5. The Morgan fingerprint density at radius 3 is 2.51 bits per heavy atom. The van der Waals surface area contributed by atoms with Crippen LogP contribution in [-0.4, -0.2) is 36.7 Å². The molecule has 0 aliphatic carbocycles. The predicted molar refractivity (Wildman–Crippen MR) is 167 cm³/mol. The van der Waals surface area contributed by atoms with E-state index in [0.29, 0.717) is 22.4 Å². The molecule has 4 aromatic rings. The third-order valence-electron chi connectivity index (χ3n) is 6.90. The van der Waals surface area contributed by atoms with E-state index < -0.39 is 11.7 Å². The fourth-order valence-corrected chi connectivity index (χ4v) is 5.66. The van der Waals surface area contributed by atoms with Crippen molar-refractivity contribution in [3.8, 4) is 17.1 Å². The molecule has 8 nitrogen and oxygen atoms in total. The Morgan fingerprint density at radius 2 is 1.84 bits per heavy atom. The molecule has 3 aromatic carbocycles. The van der Waals surface area contributed by atoms with Crippen molar-refractivity contribution in [2.75, 3.05) is 10.7 Å². The van der Waals surface area contributed by atoms with Crippen molar-refractivity contribution in [3.05, 3.63) is 95.3 Å². The molecule has 1 amide bonds. The topological polar surface area (TPSA) is 87.4 Å². The second-order valence-corrected chi connectivity index (χ2v) is 11.2. The van der Waals surface area contributed by atoms with Gasteiger partial charge in [0.05, 0.1) is 22.7 Å². The maximum Gasteiger partial charge on any atom is 0.416 e. The molecule has 43 heavy (non-hydrogen) atoms. The highest BCUT2D eigenvalue weighted by Crippen LogP contribution is 2.33. The van der Waals surface area contributed by atoms with Crippen LogP contribution in [0.3, 0.4) is 0 Å².